The third kappa shape index (κ3) is 2.34. The number of rotatable bonds is 2. The Morgan fingerprint density at radius 2 is 2.12 bits per heavy atom. The summed E-state index contributed by atoms with van der Waals surface area (Å²) >= 11 is 0. The predicted molar refractivity (Wildman–Crippen MR) is 91.1 cm³/mol. The number of hydrogen-bond acceptors (Lipinski definition) is 4. The lowest BCUT2D eigenvalue weighted by molar-refractivity contribution is -0.155. The first-order valence-electron chi connectivity index (χ1n) is 8.94. The van der Waals surface area contributed by atoms with Crippen LogP contribution in [0.4, 0.5) is 0 Å². The molecule has 5 atom stereocenters. The molecule has 3 aliphatic rings. The van der Waals surface area contributed by atoms with Crippen molar-refractivity contribution in [3.8, 4) is 0 Å². The first kappa shape index (κ1) is 17.2. The van der Waals surface area contributed by atoms with E-state index in [1.165, 1.54) is 0 Å². The molecule has 1 aliphatic heterocycles. The molecule has 1 heterocycles. The minimum Gasteiger partial charge on any atom is -0.460 e. The zero-order valence-corrected chi connectivity index (χ0v) is 15.2. The molecule has 0 amide bonds. The maximum absolute atomic E-state index is 12.4. The SMILES string of the molecule is C=C1COC(=O)[C@@]12C[C@H]1CC[C@@H](OC(=O)C(C)=CC)[C@H](C)[C@@]1(C)C2. The number of carbonyl (C=O) groups is 2. The van der Waals surface area contributed by atoms with E-state index in [0.717, 1.165) is 31.3 Å². The van der Waals surface area contributed by atoms with Gasteiger partial charge in [-0.2, -0.15) is 0 Å². The topological polar surface area (TPSA) is 52.6 Å². The van der Waals surface area contributed by atoms with Crippen molar-refractivity contribution in [2.45, 2.75) is 59.5 Å². The van der Waals surface area contributed by atoms with Gasteiger partial charge in [-0.1, -0.05) is 26.5 Å². The summed E-state index contributed by atoms with van der Waals surface area (Å²) in [6.45, 7) is 12.5. The highest BCUT2D eigenvalue weighted by Crippen LogP contribution is 2.65. The van der Waals surface area contributed by atoms with E-state index in [9.17, 15) is 9.59 Å². The molecule has 0 aromatic heterocycles. The molecule has 3 rings (SSSR count). The molecule has 1 saturated heterocycles. The number of ether oxygens (including phenoxy) is 2. The summed E-state index contributed by atoms with van der Waals surface area (Å²) in [7, 11) is 0. The van der Waals surface area contributed by atoms with Gasteiger partial charge < -0.3 is 9.47 Å². The van der Waals surface area contributed by atoms with Crippen molar-refractivity contribution >= 4 is 11.9 Å². The second kappa shape index (κ2) is 5.75. The fraction of sp³-hybridized carbons (Fsp3) is 0.700. The van der Waals surface area contributed by atoms with Gasteiger partial charge in [-0.05, 0) is 62.4 Å². The number of fused-ring (bicyclic) bond motifs is 1. The molecule has 1 spiro atoms. The molecule has 3 fully saturated rings. The van der Waals surface area contributed by atoms with E-state index in [-0.39, 0.29) is 29.4 Å². The molecule has 0 unspecified atom stereocenters. The van der Waals surface area contributed by atoms with Gasteiger partial charge in [-0.25, -0.2) is 4.79 Å². The smallest absolute Gasteiger partial charge is 0.333 e. The molecule has 2 saturated carbocycles. The van der Waals surface area contributed by atoms with Gasteiger partial charge in [0.25, 0.3) is 0 Å². The van der Waals surface area contributed by atoms with Gasteiger partial charge in [-0.3, -0.25) is 4.79 Å². The standard InChI is InChI=1S/C20H28O4/c1-6-12(2)17(21)24-16-8-7-15-9-20(11-19(15,5)14(16)4)13(3)10-23-18(20)22/h6,14-16H,3,7-11H2,1-2,4-5H3/t14-,15+,16+,19+,20+/m0/s1. The van der Waals surface area contributed by atoms with Crippen LogP contribution in [-0.2, 0) is 19.1 Å². The molecular formula is C20H28O4. The molecule has 0 bridgehead atoms. The summed E-state index contributed by atoms with van der Waals surface area (Å²) in [5.41, 5.74) is 1.03. The van der Waals surface area contributed by atoms with Crippen molar-refractivity contribution in [2.75, 3.05) is 6.61 Å². The molecule has 0 aromatic rings. The minimum atomic E-state index is -0.508. The van der Waals surface area contributed by atoms with Crippen LogP contribution in [0.15, 0.2) is 23.8 Å². The number of cyclic esters (lactones) is 1. The van der Waals surface area contributed by atoms with Crippen LogP contribution in [0.3, 0.4) is 0 Å². The quantitative estimate of drug-likeness (QED) is 0.438. The Hall–Kier alpha value is -1.58. The van der Waals surface area contributed by atoms with Crippen molar-refractivity contribution in [1.82, 2.24) is 0 Å². The molecule has 132 valence electrons. The highest BCUT2D eigenvalue weighted by molar-refractivity contribution is 5.87. The molecular weight excluding hydrogens is 304 g/mol. The van der Waals surface area contributed by atoms with Gasteiger partial charge in [0, 0.05) is 5.57 Å². The Bertz CT molecular complexity index is 601. The summed E-state index contributed by atoms with van der Waals surface area (Å²) in [6.07, 6.45) is 5.14. The maximum atomic E-state index is 12.4. The number of carbonyl (C=O) groups excluding carboxylic acids is 2. The van der Waals surface area contributed by atoms with E-state index in [1.807, 2.05) is 6.92 Å². The van der Waals surface area contributed by atoms with Crippen molar-refractivity contribution < 1.29 is 19.1 Å². The fourth-order valence-corrected chi connectivity index (χ4v) is 5.03. The van der Waals surface area contributed by atoms with Gasteiger partial charge in [0.1, 0.15) is 12.7 Å². The summed E-state index contributed by atoms with van der Waals surface area (Å²) < 4.78 is 11.1. The molecule has 4 nitrogen and oxygen atoms in total. The van der Waals surface area contributed by atoms with Crippen molar-refractivity contribution in [1.29, 1.82) is 0 Å². The average molecular weight is 332 g/mol. The lowest BCUT2D eigenvalue weighted by atomic mass is 9.62. The van der Waals surface area contributed by atoms with E-state index in [1.54, 1.807) is 13.0 Å². The first-order chi connectivity index (χ1) is 11.2. The zero-order valence-electron chi connectivity index (χ0n) is 15.2. The average Bonchev–Trinajstić information content (AvgIpc) is 3.02. The van der Waals surface area contributed by atoms with Gasteiger partial charge in [0.05, 0.1) is 5.41 Å². The normalized spacial score (nSPS) is 42.2. The van der Waals surface area contributed by atoms with Crippen molar-refractivity contribution in [3.05, 3.63) is 23.8 Å². The Morgan fingerprint density at radius 3 is 2.71 bits per heavy atom. The van der Waals surface area contributed by atoms with Crippen LogP contribution >= 0.6 is 0 Å². The summed E-state index contributed by atoms with van der Waals surface area (Å²) in [5, 5.41) is 0. The monoisotopic (exact) mass is 332 g/mol. The Kier molecular flexibility index (Phi) is 4.13. The van der Waals surface area contributed by atoms with Crippen LogP contribution in [-0.4, -0.2) is 24.6 Å². The molecule has 2 aliphatic carbocycles. The number of allylic oxidation sites excluding steroid dienone is 1. The van der Waals surface area contributed by atoms with E-state index in [2.05, 4.69) is 20.4 Å². The molecule has 0 radical (unpaired) electrons. The third-order valence-corrected chi connectivity index (χ3v) is 7.07. The number of hydrogen-bond donors (Lipinski definition) is 0. The van der Waals surface area contributed by atoms with E-state index in [4.69, 9.17) is 9.47 Å². The van der Waals surface area contributed by atoms with Crippen LogP contribution in [0.5, 0.6) is 0 Å². The van der Waals surface area contributed by atoms with Crippen molar-refractivity contribution in [3.63, 3.8) is 0 Å². The lowest BCUT2D eigenvalue weighted by Crippen LogP contribution is -2.44. The number of esters is 2. The summed E-state index contributed by atoms with van der Waals surface area (Å²) in [4.78, 5) is 24.6. The largest absolute Gasteiger partial charge is 0.460 e. The van der Waals surface area contributed by atoms with Gasteiger partial charge in [0.2, 0.25) is 0 Å². The van der Waals surface area contributed by atoms with E-state index >= 15 is 0 Å². The molecule has 0 N–H and O–H groups in total. The zero-order chi connectivity index (χ0) is 17.7. The van der Waals surface area contributed by atoms with E-state index < -0.39 is 5.41 Å². The second-order valence-corrected chi connectivity index (χ2v) is 8.13. The lowest BCUT2D eigenvalue weighted by Gasteiger charge is -2.46. The molecule has 24 heavy (non-hydrogen) atoms. The minimum absolute atomic E-state index is 0.0284. The third-order valence-electron chi connectivity index (χ3n) is 7.07. The Labute approximate surface area is 144 Å². The molecule has 4 heteroatoms. The maximum Gasteiger partial charge on any atom is 0.333 e. The highest BCUT2D eigenvalue weighted by atomic mass is 16.5. The van der Waals surface area contributed by atoms with Crippen LogP contribution in [0, 0.1) is 22.7 Å². The Balaban J connectivity index is 1.82. The van der Waals surface area contributed by atoms with Crippen molar-refractivity contribution in [2.24, 2.45) is 22.7 Å². The van der Waals surface area contributed by atoms with Crippen LogP contribution < -0.4 is 0 Å². The fourth-order valence-electron chi connectivity index (χ4n) is 5.03. The molecule has 0 aromatic carbocycles. The Morgan fingerprint density at radius 1 is 1.42 bits per heavy atom. The predicted octanol–water partition coefficient (Wildman–Crippen LogP) is 3.81. The second-order valence-electron chi connectivity index (χ2n) is 8.13. The van der Waals surface area contributed by atoms with Gasteiger partial charge >= 0.3 is 11.9 Å². The highest BCUT2D eigenvalue weighted by Gasteiger charge is 2.63. The van der Waals surface area contributed by atoms with Gasteiger partial charge in [-0.15, -0.1) is 0 Å². The first-order valence-corrected chi connectivity index (χ1v) is 8.94. The van der Waals surface area contributed by atoms with Crippen LogP contribution in [0.25, 0.3) is 0 Å². The van der Waals surface area contributed by atoms with Crippen LogP contribution in [0.2, 0.25) is 0 Å². The van der Waals surface area contributed by atoms with Crippen LogP contribution in [0.1, 0.15) is 53.4 Å². The van der Waals surface area contributed by atoms with E-state index in [0.29, 0.717) is 18.1 Å². The summed E-state index contributed by atoms with van der Waals surface area (Å²) in [5.74, 6) is 0.334. The summed E-state index contributed by atoms with van der Waals surface area (Å²) in [6, 6.07) is 0. The van der Waals surface area contributed by atoms with Gasteiger partial charge in [0.15, 0.2) is 0 Å².